The molecule has 0 radical (unpaired) electrons. The summed E-state index contributed by atoms with van der Waals surface area (Å²) in [6.45, 7) is 1.68. The van der Waals surface area contributed by atoms with E-state index in [1.54, 1.807) is 43.3 Å². The number of benzene rings is 2. The van der Waals surface area contributed by atoms with Gasteiger partial charge in [0.2, 0.25) is 11.8 Å². The fourth-order valence-corrected chi connectivity index (χ4v) is 6.65. The zero-order chi connectivity index (χ0) is 27.4. The summed E-state index contributed by atoms with van der Waals surface area (Å²) < 4.78 is 5.50. The number of amides is 2. The molecule has 1 heterocycles. The SMILES string of the molecule is CC1=CC(=O)C2=C(C[C@@H]3C(=CC[C@@H]4C(=O)N(c5ccc(Cl)cc5)C(=O)[C@@H]43)[C@@H]2c2ccc(OCCO)cc2)C1=O. The number of carbonyl (C=O) groups excluding carboxylic acids is 4. The zero-order valence-corrected chi connectivity index (χ0v) is 22.0. The Morgan fingerprint density at radius 2 is 1.69 bits per heavy atom. The molecule has 0 spiro atoms. The van der Waals surface area contributed by atoms with Gasteiger partial charge in [-0.05, 0) is 73.7 Å². The molecule has 0 bridgehead atoms. The number of nitrogens with zero attached hydrogens (tertiary/aromatic N) is 1. The molecule has 1 fully saturated rings. The summed E-state index contributed by atoms with van der Waals surface area (Å²) >= 11 is 6.03. The summed E-state index contributed by atoms with van der Waals surface area (Å²) in [6.07, 6.45) is 4.00. The number of rotatable bonds is 5. The van der Waals surface area contributed by atoms with Gasteiger partial charge in [0.1, 0.15) is 12.4 Å². The van der Waals surface area contributed by atoms with E-state index in [2.05, 4.69) is 0 Å². The number of ketones is 2. The number of anilines is 1. The third kappa shape index (κ3) is 4.08. The lowest BCUT2D eigenvalue weighted by atomic mass is 9.59. The number of allylic oxidation sites excluding steroid dienone is 6. The molecule has 0 saturated carbocycles. The normalized spacial score (nSPS) is 26.2. The first-order chi connectivity index (χ1) is 18.8. The molecule has 2 aromatic carbocycles. The molecular formula is C31H26ClNO6. The maximum absolute atomic E-state index is 13.9. The Kier molecular flexibility index (Phi) is 6.36. The van der Waals surface area contributed by atoms with Crippen LogP contribution in [0.5, 0.6) is 5.75 Å². The quantitative estimate of drug-likeness (QED) is 0.342. The first kappa shape index (κ1) is 25.5. The Labute approximate surface area is 230 Å². The van der Waals surface area contributed by atoms with Crippen molar-refractivity contribution >= 4 is 40.7 Å². The van der Waals surface area contributed by atoms with Gasteiger partial charge in [-0.15, -0.1) is 0 Å². The van der Waals surface area contributed by atoms with Crippen LogP contribution in [-0.2, 0) is 19.2 Å². The highest BCUT2D eigenvalue weighted by atomic mass is 35.5. The van der Waals surface area contributed by atoms with Crippen LogP contribution in [0.3, 0.4) is 0 Å². The number of fused-ring (bicyclic) bond motifs is 3. The topological polar surface area (TPSA) is 101 Å². The number of hydrogen-bond acceptors (Lipinski definition) is 6. The molecule has 1 aliphatic heterocycles. The van der Waals surface area contributed by atoms with Gasteiger partial charge >= 0.3 is 0 Å². The van der Waals surface area contributed by atoms with Gasteiger partial charge in [0, 0.05) is 27.7 Å². The predicted octanol–water partition coefficient (Wildman–Crippen LogP) is 4.35. The van der Waals surface area contributed by atoms with Gasteiger partial charge in [-0.3, -0.25) is 24.1 Å². The lowest BCUT2D eigenvalue weighted by molar-refractivity contribution is -0.123. The number of Topliss-reactive ketones (excluding diaryl/α,β-unsaturated/α-hetero) is 1. The lowest BCUT2D eigenvalue weighted by Crippen LogP contribution is -2.39. The third-order valence-electron chi connectivity index (χ3n) is 8.22. The molecule has 8 heteroatoms. The van der Waals surface area contributed by atoms with Crippen LogP contribution in [0.1, 0.15) is 31.2 Å². The van der Waals surface area contributed by atoms with Gasteiger partial charge < -0.3 is 9.84 Å². The number of aliphatic hydroxyl groups is 1. The predicted molar refractivity (Wildman–Crippen MR) is 144 cm³/mol. The lowest BCUT2D eigenvalue weighted by Gasteiger charge is -2.42. The molecule has 0 aromatic heterocycles. The summed E-state index contributed by atoms with van der Waals surface area (Å²) in [7, 11) is 0. The molecule has 4 aliphatic rings. The minimum atomic E-state index is -0.633. The van der Waals surface area contributed by atoms with Crippen molar-refractivity contribution in [2.45, 2.75) is 25.7 Å². The van der Waals surface area contributed by atoms with Gasteiger partial charge in [-0.2, -0.15) is 0 Å². The Balaban J connectivity index is 1.43. The van der Waals surface area contributed by atoms with Gasteiger partial charge in [-0.1, -0.05) is 35.4 Å². The fraction of sp³-hybridized carbons (Fsp3) is 0.290. The first-order valence-electron chi connectivity index (χ1n) is 13.0. The molecule has 198 valence electrons. The maximum atomic E-state index is 13.9. The number of ether oxygens (including phenoxy) is 1. The molecule has 2 aromatic rings. The second kappa shape index (κ2) is 9.74. The zero-order valence-electron chi connectivity index (χ0n) is 21.2. The van der Waals surface area contributed by atoms with E-state index < -0.39 is 23.7 Å². The molecule has 1 saturated heterocycles. The summed E-state index contributed by atoms with van der Waals surface area (Å²) in [4.78, 5) is 55.3. The van der Waals surface area contributed by atoms with Crippen LogP contribution in [-0.4, -0.2) is 41.7 Å². The number of carbonyl (C=O) groups is 4. The summed E-state index contributed by atoms with van der Waals surface area (Å²) in [5.41, 5.74) is 3.42. The second-order valence-corrected chi connectivity index (χ2v) is 10.8. The Bertz CT molecular complexity index is 1500. The van der Waals surface area contributed by atoms with Crippen molar-refractivity contribution in [3.05, 3.63) is 93.6 Å². The van der Waals surface area contributed by atoms with Crippen molar-refractivity contribution < 1.29 is 29.0 Å². The molecule has 7 nitrogen and oxygen atoms in total. The molecule has 0 unspecified atom stereocenters. The number of hydrogen-bond donors (Lipinski definition) is 1. The van der Waals surface area contributed by atoms with Crippen molar-refractivity contribution in [1.29, 1.82) is 0 Å². The van der Waals surface area contributed by atoms with E-state index in [9.17, 15) is 19.2 Å². The fourth-order valence-electron chi connectivity index (χ4n) is 6.53. The number of imide groups is 1. The minimum absolute atomic E-state index is 0.111. The average molecular weight is 544 g/mol. The van der Waals surface area contributed by atoms with Crippen LogP contribution in [0, 0.1) is 17.8 Å². The van der Waals surface area contributed by atoms with Crippen LogP contribution < -0.4 is 9.64 Å². The summed E-state index contributed by atoms with van der Waals surface area (Å²) in [5.74, 6) is -2.45. The standard InChI is InChI=1S/C31H26ClNO6/c1-16-14-25(35)28-24(29(16)36)15-23-21(26(28)17-2-8-20(9-3-17)39-13-12-34)10-11-22-27(23)31(38)33(30(22)37)19-6-4-18(32)5-7-19/h2-10,14,22-23,26-27,34H,11-13,15H2,1H3/t22-,23+,26-,27-/m0/s1. The van der Waals surface area contributed by atoms with Crippen LogP contribution in [0.15, 0.2) is 83.0 Å². The second-order valence-electron chi connectivity index (χ2n) is 10.4. The summed E-state index contributed by atoms with van der Waals surface area (Å²) in [5, 5.41) is 9.57. The van der Waals surface area contributed by atoms with Crippen molar-refractivity contribution in [3.8, 4) is 5.75 Å². The van der Waals surface area contributed by atoms with E-state index >= 15 is 0 Å². The average Bonchev–Trinajstić information content (AvgIpc) is 3.20. The van der Waals surface area contributed by atoms with E-state index in [1.807, 2.05) is 18.2 Å². The van der Waals surface area contributed by atoms with Crippen LogP contribution >= 0.6 is 11.6 Å². The van der Waals surface area contributed by atoms with Crippen molar-refractivity contribution in [2.24, 2.45) is 17.8 Å². The van der Waals surface area contributed by atoms with Crippen LogP contribution in [0.25, 0.3) is 0 Å². The van der Waals surface area contributed by atoms with Gasteiger partial charge in [0.25, 0.3) is 0 Å². The van der Waals surface area contributed by atoms with Gasteiger partial charge in [-0.25, -0.2) is 0 Å². The monoisotopic (exact) mass is 543 g/mol. The molecule has 1 N–H and O–H groups in total. The van der Waals surface area contributed by atoms with Crippen molar-refractivity contribution in [3.63, 3.8) is 0 Å². The maximum Gasteiger partial charge on any atom is 0.238 e. The van der Waals surface area contributed by atoms with Gasteiger partial charge in [0.05, 0.1) is 24.1 Å². The van der Waals surface area contributed by atoms with E-state index in [0.717, 1.165) is 11.1 Å². The largest absolute Gasteiger partial charge is 0.491 e. The molecule has 4 atom stereocenters. The highest BCUT2D eigenvalue weighted by Crippen LogP contribution is 2.55. The Morgan fingerprint density at radius 1 is 0.974 bits per heavy atom. The minimum Gasteiger partial charge on any atom is -0.491 e. The molecule has 6 rings (SSSR count). The molecule has 2 amide bonds. The highest BCUT2D eigenvalue weighted by molar-refractivity contribution is 6.31. The first-order valence-corrected chi connectivity index (χ1v) is 13.3. The Hall–Kier alpha value is -3.81. The third-order valence-corrected chi connectivity index (χ3v) is 8.47. The molecule has 3 aliphatic carbocycles. The van der Waals surface area contributed by atoms with Crippen LogP contribution in [0.2, 0.25) is 5.02 Å². The Morgan fingerprint density at radius 3 is 2.38 bits per heavy atom. The van der Waals surface area contributed by atoms with E-state index in [-0.39, 0.29) is 43.0 Å². The van der Waals surface area contributed by atoms with E-state index in [0.29, 0.717) is 39.6 Å². The van der Waals surface area contributed by atoms with E-state index in [1.165, 1.54) is 11.0 Å². The summed E-state index contributed by atoms with van der Waals surface area (Å²) in [6, 6.07) is 13.8. The number of halogens is 1. The molecule has 39 heavy (non-hydrogen) atoms. The molecular weight excluding hydrogens is 518 g/mol. The highest BCUT2D eigenvalue weighted by Gasteiger charge is 2.56. The smallest absolute Gasteiger partial charge is 0.238 e. The van der Waals surface area contributed by atoms with Crippen LogP contribution in [0.4, 0.5) is 5.69 Å². The van der Waals surface area contributed by atoms with Crippen molar-refractivity contribution in [1.82, 2.24) is 0 Å². The van der Waals surface area contributed by atoms with Crippen molar-refractivity contribution in [2.75, 3.05) is 18.1 Å². The number of aliphatic hydroxyl groups excluding tert-OH is 1. The van der Waals surface area contributed by atoms with Gasteiger partial charge in [0.15, 0.2) is 11.6 Å². The van der Waals surface area contributed by atoms with E-state index in [4.69, 9.17) is 21.4 Å².